The number of rotatable bonds is 6. The quantitative estimate of drug-likeness (QED) is 0.520. The molecule has 1 fully saturated rings. The fourth-order valence-corrected chi connectivity index (χ4v) is 4.36. The molecule has 128 valence electrons. The molecule has 0 N–H and O–H groups in total. The topological polar surface area (TPSA) is 60.4 Å². The van der Waals surface area contributed by atoms with E-state index in [2.05, 4.69) is 0 Å². The fraction of sp³-hybridized carbons (Fsp3) is 0.267. The molecule has 24 heavy (non-hydrogen) atoms. The Balaban J connectivity index is 2.30. The zero-order chi connectivity index (χ0) is 17.9. The predicted molar refractivity (Wildman–Crippen MR) is 103 cm³/mol. The standard InChI is InChI=1S/C15H13Cl2NO3S3/c1-23-5-4-11(14(20)21)18-13(19)12(24-15(18)22)6-8-2-3-9(16)7-10(8)17/h2-3,6-7,11H,4-5H2,1H3,(H,20,21)/p-1/b12-6-/t11-/m0/s1. The Hall–Kier alpha value is -0.730. The molecular weight excluding hydrogens is 409 g/mol. The molecule has 1 aromatic rings. The number of carboxylic acid groups (broad SMARTS) is 1. The molecule has 4 nitrogen and oxygen atoms in total. The zero-order valence-corrected chi connectivity index (χ0v) is 16.4. The van der Waals surface area contributed by atoms with Crippen molar-refractivity contribution in [1.29, 1.82) is 0 Å². The van der Waals surface area contributed by atoms with Crippen LogP contribution >= 0.6 is 58.9 Å². The van der Waals surface area contributed by atoms with Gasteiger partial charge < -0.3 is 9.90 Å². The minimum absolute atomic E-state index is 0.201. The Bertz CT molecular complexity index is 724. The van der Waals surface area contributed by atoms with Crippen molar-refractivity contribution < 1.29 is 14.7 Å². The predicted octanol–water partition coefficient (Wildman–Crippen LogP) is 3.07. The van der Waals surface area contributed by atoms with Crippen LogP contribution in [0, 0.1) is 0 Å². The first kappa shape index (κ1) is 19.6. The van der Waals surface area contributed by atoms with Crippen LogP contribution in [0.15, 0.2) is 23.1 Å². The number of nitrogens with zero attached hydrogens (tertiary/aromatic N) is 1. The lowest BCUT2D eigenvalue weighted by Gasteiger charge is -2.27. The van der Waals surface area contributed by atoms with Crippen LogP contribution in [0.1, 0.15) is 12.0 Å². The van der Waals surface area contributed by atoms with Gasteiger partial charge in [-0.15, -0.1) is 0 Å². The number of carbonyl (C=O) groups is 2. The largest absolute Gasteiger partial charge is 0.548 e. The Morgan fingerprint density at radius 1 is 1.50 bits per heavy atom. The number of carboxylic acids is 1. The molecule has 9 heteroatoms. The highest BCUT2D eigenvalue weighted by atomic mass is 35.5. The molecule has 1 aliphatic heterocycles. The summed E-state index contributed by atoms with van der Waals surface area (Å²) in [6.45, 7) is 0. The van der Waals surface area contributed by atoms with Gasteiger partial charge in [-0.3, -0.25) is 9.69 Å². The Morgan fingerprint density at radius 2 is 2.21 bits per heavy atom. The normalized spacial score (nSPS) is 17.6. The van der Waals surface area contributed by atoms with Gasteiger partial charge in [0.15, 0.2) is 0 Å². The molecule has 1 amide bonds. The highest BCUT2D eigenvalue weighted by molar-refractivity contribution is 8.26. The first-order chi connectivity index (χ1) is 11.3. The number of hydrogen-bond donors (Lipinski definition) is 0. The molecular formula is C15H12Cl2NO3S3-. The van der Waals surface area contributed by atoms with Gasteiger partial charge in [0, 0.05) is 10.0 Å². The minimum atomic E-state index is -1.31. The van der Waals surface area contributed by atoms with E-state index in [1.54, 1.807) is 24.3 Å². The van der Waals surface area contributed by atoms with Crippen molar-refractivity contribution in [2.45, 2.75) is 12.5 Å². The summed E-state index contributed by atoms with van der Waals surface area (Å²) >= 11 is 19.7. The molecule has 1 aliphatic rings. The summed E-state index contributed by atoms with van der Waals surface area (Å²) in [7, 11) is 0. The van der Waals surface area contributed by atoms with Gasteiger partial charge >= 0.3 is 0 Å². The van der Waals surface area contributed by atoms with Gasteiger partial charge in [0.2, 0.25) is 0 Å². The van der Waals surface area contributed by atoms with Crippen molar-refractivity contribution in [2.75, 3.05) is 12.0 Å². The van der Waals surface area contributed by atoms with Crippen molar-refractivity contribution in [3.05, 3.63) is 38.7 Å². The summed E-state index contributed by atoms with van der Waals surface area (Å²) in [6.07, 6.45) is 3.71. The number of aliphatic carboxylic acids is 1. The summed E-state index contributed by atoms with van der Waals surface area (Å²) in [5.74, 6) is -1.19. The summed E-state index contributed by atoms with van der Waals surface area (Å²) < 4.78 is 0.201. The molecule has 0 spiro atoms. The van der Waals surface area contributed by atoms with Crippen molar-refractivity contribution in [3.8, 4) is 0 Å². The monoisotopic (exact) mass is 420 g/mol. The van der Waals surface area contributed by atoms with E-state index in [4.69, 9.17) is 35.4 Å². The van der Waals surface area contributed by atoms with Crippen molar-refractivity contribution in [3.63, 3.8) is 0 Å². The van der Waals surface area contributed by atoms with E-state index < -0.39 is 17.9 Å². The van der Waals surface area contributed by atoms with Crippen LogP contribution < -0.4 is 5.11 Å². The number of hydrogen-bond acceptors (Lipinski definition) is 6. The summed E-state index contributed by atoms with van der Waals surface area (Å²) in [5, 5.41) is 12.3. The number of benzene rings is 1. The summed E-state index contributed by atoms with van der Waals surface area (Å²) in [5.41, 5.74) is 0.607. The fourth-order valence-electron chi connectivity index (χ4n) is 2.09. The molecule has 1 atom stereocenters. The minimum Gasteiger partial charge on any atom is -0.548 e. The van der Waals surface area contributed by atoms with Gasteiger partial charge in [0.05, 0.1) is 16.9 Å². The van der Waals surface area contributed by atoms with Crippen LogP contribution in [0.2, 0.25) is 10.0 Å². The number of thioether (sulfide) groups is 2. The van der Waals surface area contributed by atoms with Crippen molar-refractivity contribution in [2.24, 2.45) is 0 Å². The van der Waals surface area contributed by atoms with Crippen LogP contribution in [0.3, 0.4) is 0 Å². The molecule has 0 unspecified atom stereocenters. The summed E-state index contributed by atoms with van der Waals surface area (Å²) in [4.78, 5) is 25.4. The zero-order valence-electron chi connectivity index (χ0n) is 12.5. The molecule has 1 heterocycles. The SMILES string of the molecule is CSCC[C@@H](C(=O)[O-])N1C(=O)/C(=C/c2ccc(Cl)cc2Cl)SC1=S. The van der Waals surface area contributed by atoms with E-state index in [-0.39, 0.29) is 10.7 Å². The molecule has 0 bridgehead atoms. The van der Waals surface area contributed by atoms with E-state index in [1.165, 1.54) is 11.8 Å². The Morgan fingerprint density at radius 3 is 2.79 bits per heavy atom. The highest BCUT2D eigenvalue weighted by Crippen LogP contribution is 2.36. The van der Waals surface area contributed by atoms with E-state index in [9.17, 15) is 14.7 Å². The lowest BCUT2D eigenvalue weighted by atomic mass is 10.1. The van der Waals surface area contributed by atoms with E-state index in [0.717, 1.165) is 16.7 Å². The van der Waals surface area contributed by atoms with Gasteiger partial charge in [-0.1, -0.05) is 53.2 Å². The lowest BCUT2D eigenvalue weighted by Crippen LogP contribution is -2.50. The highest BCUT2D eigenvalue weighted by Gasteiger charge is 2.37. The second-order valence-electron chi connectivity index (χ2n) is 4.83. The molecule has 0 radical (unpaired) electrons. The number of halogens is 2. The van der Waals surface area contributed by atoms with E-state index in [0.29, 0.717) is 26.3 Å². The molecule has 0 aromatic heterocycles. The van der Waals surface area contributed by atoms with Crippen LogP contribution in [0.25, 0.3) is 6.08 Å². The van der Waals surface area contributed by atoms with Crippen molar-refractivity contribution >= 4 is 81.2 Å². The first-order valence-corrected chi connectivity index (χ1v) is 10.1. The average Bonchev–Trinajstić information content (AvgIpc) is 2.78. The van der Waals surface area contributed by atoms with Gasteiger partial charge in [-0.2, -0.15) is 11.8 Å². The van der Waals surface area contributed by atoms with Gasteiger partial charge in [0.25, 0.3) is 5.91 Å². The molecule has 1 saturated heterocycles. The van der Waals surface area contributed by atoms with E-state index >= 15 is 0 Å². The Kier molecular flexibility index (Phi) is 7.00. The van der Waals surface area contributed by atoms with Crippen LogP contribution in [0.5, 0.6) is 0 Å². The maximum atomic E-state index is 12.6. The maximum Gasteiger partial charge on any atom is 0.266 e. The number of carbonyl (C=O) groups excluding carboxylic acids is 2. The van der Waals surface area contributed by atoms with Crippen molar-refractivity contribution in [1.82, 2.24) is 4.90 Å². The third-order valence-electron chi connectivity index (χ3n) is 3.25. The molecule has 2 rings (SSSR count). The lowest BCUT2D eigenvalue weighted by molar-refractivity contribution is -0.310. The molecule has 0 aliphatic carbocycles. The third-order valence-corrected chi connectivity index (χ3v) is 5.79. The number of thiocarbonyl (C=S) groups is 1. The second kappa shape index (κ2) is 8.58. The van der Waals surface area contributed by atoms with Gasteiger partial charge in [-0.05, 0) is 42.2 Å². The van der Waals surface area contributed by atoms with Crippen LogP contribution in [-0.2, 0) is 9.59 Å². The Labute approximate surface area is 163 Å². The first-order valence-electron chi connectivity index (χ1n) is 6.77. The van der Waals surface area contributed by atoms with Crippen LogP contribution in [0.4, 0.5) is 0 Å². The molecule has 1 aromatic carbocycles. The average molecular weight is 421 g/mol. The van der Waals surface area contributed by atoms with E-state index in [1.807, 2.05) is 6.26 Å². The number of amides is 1. The maximum absolute atomic E-state index is 12.6. The van der Waals surface area contributed by atoms with Gasteiger partial charge in [0.1, 0.15) is 4.32 Å². The second-order valence-corrected chi connectivity index (χ2v) is 8.34. The third kappa shape index (κ3) is 4.46. The molecule has 0 saturated carbocycles. The smallest absolute Gasteiger partial charge is 0.266 e. The van der Waals surface area contributed by atoms with Crippen LogP contribution in [-0.4, -0.2) is 39.1 Å². The summed E-state index contributed by atoms with van der Waals surface area (Å²) in [6, 6.07) is 3.83. The van der Waals surface area contributed by atoms with Gasteiger partial charge in [-0.25, -0.2) is 0 Å².